The monoisotopic (exact) mass is 348 g/mol. The molecule has 0 radical (unpaired) electrons. The maximum atomic E-state index is 12.3. The second-order valence-electron chi connectivity index (χ2n) is 6.44. The molecular formula is C18H25ClN4O. The normalized spacial score (nSPS) is 15.0. The molecule has 1 amide bonds. The molecule has 6 heteroatoms. The number of amides is 1. The van der Waals surface area contributed by atoms with Crippen LogP contribution in [0.1, 0.15) is 29.7 Å². The largest absolute Gasteiger partial charge is 0.317 e. The first kappa shape index (κ1) is 18.5. The van der Waals surface area contributed by atoms with Gasteiger partial charge in [-0.05, 0) is 70.0 Å². The number of aryl methyl sites for hydroxylation is 3. The fourth-order valence-corrected chi connectivity index (χ4v) is 3.18. The second-order valence-corrected chi connectivity index (χ2v) is 6.44. The molecule has 24 heavy (non-hydrogen) atoms. The van der Waals surface area contributed by atoms with Crippen LogP contribution in [0.2, 0.25) is 0 Å². The van der Waals surface area contributed by atoms with Crippen LogP contribution in [0.4, 0.5) is 5.82 Å². The van der Waals surface area contributed by atoms with E-state index in [9.17, 15) is 4.79 Å². The van der Waals surface area contributed by atoms with E-state index < -0.39 is 0 Å². The van der Waals surface area contributed by atoms with E-state index >= 15 is 0 Å². The minimum absolute atomic E-state index is 0. The zero-order valence-corrected chi connectivity index (χ0v) is 15.2. The van der Waals surface area contributed by atoms with Crippen LogP contribution in [0, 0.1) is 26.7 Å². The number of hydrogen-bond donors (Lipinski definition) is 2. The molecule has 1 saturated heterocycles. The molecule has 0 bridgehead atoms. The van der Waals surface area contributed by atoms with Gasteiger partial charge in [0.1, 0.15) is 0 Å². The number of aromatic nitrogens is 2. The van der Waals surface area contributed by atoms with Crippen molar-refractivity contribution in [1.82, 2.24) is 15.1 Å². The van der Waals surface area contributed by atoms with Gasteiger partial charge in [0.25, 0.3) is 0 Å². The molecular weight excluding hydrogens is 324 g/mol. The number of anilines is 1. The van der Waals surface area contributed by atoms with Crippen LogP contribution in [0.15, 0.2) is 24.3 Å². The van der Waals surface area contributed by atoms with E-state index in [2.05, 4.69) is 47.8 Å². The summed E-state index contributed by atoms with van der Waals surface area (Å²) in [4.78, 5) is 12.3. The summed E-state index contributed by atoms with van der Waals surface area (Å²) < 4.78 is 1.89. The summed E-state index contributed by atoms with van der Waals surface area (Å²) in [6.45, 7) is 7.98. The van der Waals surface area contributed by atoms with Crippen LogP contribution in [-0.4, -0.2) is 28.8 Å². The number of nitrogens with one attached hydrogen (secondary N) is 2. The lowest BCUT2D eigenvalue weighted by atomic mass is 9.97. The standard InChI is InChI=1S/C18H24N4O.ClH/c1-12-8-13(2)10-16(9-12)22-14(3)11-17(21-22)20-18(23)15-4-6-19-7-5-15;/h8-11,15,19H,4-7H2,1-3H3,(H,20,21,23);1H. The molecule has 1 aromatic carbocycles. The van der Waals surface area contributed by atoms with Crippen LogP contribution in [0.5, 0.6) is 0 Å². The molecule has 130 valence electrons. The molecule has 1 aliphatic heterocycles. The maximum Gasteiger partial charge on any atom is 0.228 e. The van der Waals surface area contributed by atoms with E-state index in [1.807, 2.05) is 17.7 Å². The van der Waals surface area contributed by atoms with Crippen molar-refractivity contribution in [2.45, 2.75) is 33.6 Å². The molecule has 1 aliphatic rings. The lowest BCUT2D eigenvalue weighted by Gasteiger charge is -2.21. The van der Waals surface area contributed by atoms with Gasteiger partial charge in [-0.3, -0.25) is 4.79 Å². The lowest BCUT2D eigenvalue weighted by Crippen LogP contribution is -2.34. The third kappa shape index (κ3) is 4.16. The topological polar surface area (TPSA) is 59.0 Å². The number of nitrogens with zero attached hydrogens (tertiary/aromatic N) is 2. The Hall–Kier alpha value is -1.85. The Morgan fingerprint density at radius 1 is 1.12 bits per heavy atom. The van der Waals surface area contributed by atoms with Gasteiger partial charge >= 0.3 is 0 Å². The predicted molar refractivity (Wildman–Crippen MR) is 99.2 cm³/mol. The molecule has 1 fully saturated rings. The van der Waals surface area contributed by atoms with E-state index in [4.69, 9.17) is 0 Å². The van der Waals surface area contributed by atoms with Crippen molar-refractivity contribution in [3.05, 3.63) is 41.1 Å². The average molecular weight is 349 g/mol. The summed E-state index contributed by atoms with van der Waals surface area (Å²) in [5.74, 6) is 0.796. The van der Waals surface area contributed by atoms with Crippen LogP contribution in [0.25, 0.3) is 5.69 Å². The van der Waals surface area contributed by atoms with E-state index in [1.54, 1.807) is 0 Å². The number of piperidine rings is 1. The van der Waals surface area contributed by atoms with Crippen molar-refractivity contribution in [1.29, 1.82) is 0 Å². The third-order valence-corrected chi connectivity index (χ3v) is 4.30. The van der Waals surface area contributed by atoms with E-state index in [1.165, 1.54) is 11.1 Å². The van der Waals surface area contributed by atoms with Gasteiger partial charge in [-0.2, -0.15) is 0 Å². The minimum Gasteiger partial charge on any atom is -0.317 e. The Kier molecular flexibility index (Phi) is 6.02. The van der Waals surface area contributed by atoms with Gasteiger partial charge in [-0.25, -0.2) is 4.68 Å². The zero-order valence-electron chi connectivity index (χ0n) is 14.4. The van der Waals surface area contributed by atoms with E-state index in [-0.39, 0.29) is 24.2 Å². The summed E-state index contributed by atoms with van der Waals surface area (Å²) >= 11 is 0. The molecule has 2 N–H and O–H groups in total. The average Bonchev–Trinajstić information content (AvgIpc) is 2.87. The fraction of sp³-hybridized carbons (Fsp3) is 0.444. The molecule has 5 nitrogen and oxygen atoms in total. The summed E-state index contributed by atoms with van der Waals surface area (Å²) in [7, 11) is 0. The van der Waals surface area contributed by atoms with Gasteiger partial charge < -0.3 is 10.6 Å². The Labute approximate surface area is 149 Å². The first-order valence-electron chi connectivity index (χ1n) is 8.20. The van der Waals surface area contributed by atoms with Crippen LogP contribution < -0.4 is 10.6 Å². The molecule has 1 aromatic heterocycles. The highest BCUT2D eigenvalue weighted by Gasteiger charge is 2.21. The predicted octanol–water partition coefficient (Wildman–Crippen LogP) is 3.16. The Morgan fingerprint density at radius 3 is 2.38 bits per heavy atom. The van der Waals surface area contributed by atoms with Gasteiger partial charge in [-0.1, -0.05) is 6.07 Å². The van der Waals surface area contributed by atoms with Gasteiger partial charge in [-0.15, -0.1) is 17.5 Å². The first-order chi connectivity index (χ1) is 11.0. The van der Waals surface area contributed by atoms with Crippen molar-refractivity contribution in [2.75, 3.05) is 18.4 Å². The number of hydrogen-bond acceptors (Lipinski definition) is 3. The van der Waals surface area contributed by atoms with Crippen molar-refractivity contribution in [2.24, 2.45) is 5.92 Å². The number of carbonyl (C=O) groups is 1. The molecule has 0 saturated carbocycles. The Morgan fingerprint density at radius 2 is 1.75 bits per heavy atom. The summed E-state index contributed by atoms with van der Waals surface area (Å²) in [5.41, 5.74) is 4.45. The second kappa shape index (κ2) is 7.81. The van der Waals surface area contributed by atoms with Crippen molar-refractivity contribution in [3.63, 3.8) is 0 Å². The summed E-state index contributed by atoms with van der Waals surface area (Å²) in [6.07, 6.45) is 1.78. The first-order valence-corrected chi connectivity index (χ1v) is 8.20. The molecule has 0 unspecified atom stereocenters. The SMILES string of the molecule is Cc1cc(C)cc(-n2nc(NC(=O)C3CCNCC3)cc2C)c1.Cl. The van der Waals surface area contributed by atoms with E-state index in [0.29, 0.717) is 5.82 Å². The highest BCUT2D eigenvalue weighted by atomic mass is 35.5. The maximum absolute atomic E-state index is 12.3. The third-order valence-electron chi connectivity index (χ3n) is 4.30. The van der Waals surface area contributed by atoms with Gasteiger partial charge in [0.15, 0.2) is 5.82 Å². The highest BCUT2D eigenvalue weighted by molar-refractivity contribution is 5.91. The number of benzene rings is 1. The molecule has 2 heterocycles. The Balaban J connectivity index is 0.00000208. The molecule has 3 rings (SSSR count). The summed E-state index contributed by atoms with van der Waals surface area (Å²) in [5, 5.41) is 10.8. The summed E-state index contributed by atoms with van der Waals surface area (Å²) in [6, 6.07) is 8.27. The quantitative estimate of drug-likeness (QED) is 0.895. The molecule has 0 atom stereocenters. The van der Waals surface area contributed by atoms with Crippen molar-refractivity contribution in [3.8, 4) is 5.69 Å². The molecule has 0 spiro atoms. The molecule has 2 aromatic rings. The van der Waals surface area contributed by atoms with Crippen LogP contribution in [0.3, 0.4) is 0 Å². The van der Waals surface area contributed by atoms with Crippen molar-refractivity contribution < 1.29 is 4.79 Å². The number of halogens is 1. The van der Waals surface area contributed by atoms with Gasteiger partial charge in [0, 0.05) is 17.7 Å². The minimum atomic E-state index is 0. The van der Waals surface area contributed by atoms with Crippen LogP contribution >= 0.6 is 12.4 Å². The smallest absolute Gasteiger partial charge is 0.228 e. The fourth-order valence-electron chi connectivity index (χ4n) is 3.18. The Bertz CT molecular complexity index is 700. The van der Waals surface area contributed by atoms with E-state index in [0.717, 1.165) is 37.3 Å². The lowest BCUT2D eigenvalue weighted by molar-refractivity contribution is -0.120. The van der Waals surface area contributed by atoms with Gasteiger partial charge in [0.05, 0.1) is 5.69 Å². The number of carbonyl (C=O) groups excluding carboxylic acids is 1. The zero-order chi connectivity index (χ0) is 16.4. The van der Waals surface area contributed by atoms with Crippen LogP contribution in [-0.2, 0) is 4.79 Å². The van der Waals surface area contributed by atoms with Gasteiger partial charge in [0.2, 0.25) is 5.91 Å². The number of rotatable bonds is 3. The van der Waals surface area contributed by atoms with Crippen molar-refractivity contribution >= 4 is 24.1 Å². The highest BCUT2D eigenvalue weighted by Crippen LogP contribution is 2.19. The molecule has 0 aliphatic carbocycles.